The molecule has 1 aliphatic carbocycles. The SMILES string of the molecule is CNCC1CCN1C(=O)C1CCCC1. The molecule has 1 heterocycles. The second kappa shape index (κ2) is 4.30. The van der Waals surface area contributed by atoms with Crippen LogP contribution in [0.3, 0.4) is 0 Å². The van der Waals surface area contributed by atoms with E-state index in [1.165, 1.54) is 19.3 Å². The molecule has 1 atom stereocenters. The fourth-order valence-corrected chi connectivity index (χ4v) is 2.59. The number of likely N-dealkylation sites (N-methyl/N-ethyl adjacent to an activating group) is 1. The Morgan fingerprint density at radius 1 is 1.36 bits per heavy atom. The second-order valence-corrected chi connectivity index (χ2v) is 4.51. The van der Waals surface area contributed by atoms with Crippen molar-refractivity contribution < 1.29 is 4.79 Å². The maximum Gasteiger partial charge on any atom is 0.225 e. The zero-order valence-electron chi connectivity index (χ0n) is 8.96. The monoisotopic (exact) mass is 196 g/mol. The number of carbonyl (C=O) groups is 1. The highest BCUT2D eigenvalue weighted by molar-refractivity contribution is 5.80. The third-order valence-corrected chi connectivity index (χ3v) is 3.57. The van der Waals surface area contributed by atoms with Crippen LogP contribution >= 0.6 is 0 Å². The number of likely N-dealkylation sites (tertiary alicyclic amines) is 1. The number of hydrogen-bond donors (Lipinski definition) is 1. The van der Waals surface area contributed by atoms with Crippen LogP contribution in [0.1, 0.15) is 32.1 Å². The third kappa shape index (κ3) is 1.78. The van der Waals surface area contributed by atoms with Crippen molar-refractivity contribution in [2.45, 2.75) is 38.1 Å². The van der Waals surface area contributed by atoms with Crippen molar-refractivity contribution in [1.29, 1.82) is 0 Å². The molecule has 2 rings (SSSR count). The molecule has 14 heavy (non-hydrogen) atoms. The van der Waals surface area contributed by atoms with Gasteiger partial charge in [0.1, 0.15) is 0 Å². The lowest BCUT2D eigenvalue weighted by Gasteiger charge is -2.42. The number of amides is 1. The fraction of sp³-hybridized carbons (Fsp3) is 0.909. The first-order chi connectivity index (χ1) is 6.83. The molecule has 1 N–H and O–H groups in total. The van der Waals surface area contributed by atoms with E-state index >= 15 is 0 Å². The molecule has 1 saturated carbocycles. The van der Waals surface area contributed by atoms with E-state index in [2.05, 4.69) is 10.2 Å². The maximum absolute atomic E-state index is 12.0. The molecule has 1 aliphatic heterocycles. The molecule has 80 valence electrons. The molecule has 3 heteroatoms. The highest BCUT2D eigenvalue weighted by atomic mass is 16.2. The average molecular weight is 196 g/mol. The van der Waals surface area contributed by atoms with Crippen LogP contribution in [-0.4, -0.2) is 37.0 Å². The highest BCUT2D eigenvalue weighted by Crippen LogP contribution is 2.29. The van der Waals surface area contributed by atoms with E-state index in [1.807, 2.05) is 7.05 Å². The molecular formula is C11H20N2O. The van der Waals surface area contributed by atoms with Gasteiger partial charge >= 0.3 is 0 Å². The molecule has 1 unspecified atom stereocenters. The van der Waals surface area contributed by atoms with Crippen LogP contribution in [0, 0.1) is 5.92 Å². The summed E-state index contributed by atoms with van der Waals surface area (Å²) in [5.41, 5.74) is 0. The van der Waals surface area contributed by atoms with Gasteiger partial charge in [0.05, 0.1) is 0 Å². The molecule has 0 spiro atoms. The zero-order chi connectivity index (χ0) is 9.97. The number of nitrogens with one attached hydrogen (secondary N) is 1. The Kier molecular flexibility index (Phi) is 3.06. The van der Waals surface area contributed by atoms with Crippen molar-refractivity contribution in [1.82, 2.24) is 10.2 Å². The number of hydrogen-bond acceptors (Lipinski definition) is 2. The summed E-state index contributed by atoms with van der Waals surface area (Å²) < 4.78 is 0. The molecule has 0 aromatic heterocycles. The van der Waals surface area contributed by atoms with Crippen molar-refractivity contribution in [2.24, 2.45) is 5.92 Å². The van der Waals surface area contributed by atoms with E-state index in [4.69, 9.17) is 0 Å². The molecule has 1 amide bonds. The Morgan fingerprint density at radius 3 is 2.57 bits per heavy atom. The Balaban J connectivity index is 1.85. The lowest BCUT2D eigenvalue weighted by molar-refractivity contribution is -0.143. The summed E-state index contributed by atoms with van der Waals surface area (Å²) in [6.45, 7) is 1.94. The second-order valence-electron chi connectivity index (χ2n) is 4.51. The normalized spacial score (nSPS) is 27.8. The van der Waals surface area contributed by atoms with Gasteiger partial charge in [-0.15, -0.1) is 0 Å². The van der Waals surface area contributed by atoms with Crippen LogP contribution in [0.25, 0.3) is 0 Å². The third-order valence-electron chi connectivity index (χ3n) is 3.57. The van der Waals surface area contributed by atoms with Gasteiger partial charge in [-0.05, 0) is 26.3 Å². The molecule has 2 aliphatic rings. The van der Waals surface area contributed by atoms with Gasteiger partial charge in [-0.3, -0.25) is 4.79 Å². The summed E-state index contributed by atoms with van der Waals surface area (Å²) >= 11 is 0. The van der Waals surface area contributed by atoms with E-state index in [0.29, 0.717) is 17.9 Å². The van der Waals surface area contributed by atoms with Crippen LogP contribution in [0.15, 0.2) is 0 Å². The van der Waals surface area contributed by atoms with Gasteiger partial charge in [0.15, 0.2) is 0 Å². The van der Waals surface area contributed by atoms with Gasteiger partial charge in [-0.2, -0.15) is 0 Å². The minimum atomic E-state index is 0.356. The molecule has 0 radical (unpaired) electrons. The quantitative estimate of drug-likeness (QED) is 0.730. The molecule has 2 fully saturated rings. The smallest absolute Gasteiger partial charge is 0.225 e. The van der Waals surface area contributed by atoms with Crippen molar-refractivity contribution in [2.75, 3.05) is 20.1 Å². The standard InChI is InChI=1S/C11H20N2O/c1-12-8-10-6-7-13(10)11(14)9-4-2-3-5-9/h9-10,12H,2-8H2,1H3. The van der Waals surface area contributed by atoms with Crippen molar-refractivity contribution >= 4 is 5.91 Å². The van der Waals surface area contributed by atoms with Crippen molar-refractivity contribution in [3.8, 4) is 0 Å². The molecule has 0 aromatic carbocycles. The van der Waals surface area contributed by atoms with Crippen LogP contribution in [0.4, 0.5) is 0 Å². The van der Waals surface area contributed by atoms with Crippen LogP contribution in [0.5, 0.6) is 0 Å². The summed E-state index contributed by atoms with van der Waals surface area (Å²) in [6.07, 6.45) is 5.93. The van der Waals surface area contributed by atoms with Crippen LogP contribution in [-0.2, 0) is 4.79 Å². The number of carbonyl (C=O) groups excluding carboxylic acids is 1. The summed E-state index contributed by atoms with van der Waals surface area (Å²) in [4.78, 5) is 14.1. The van der Waals surface area contributed by atoms with Crippen molar-refractivity contribution in [3.05, 3.63) is 0 Å². The zero-order valence-corrected chi connectivity index (χ0v) is 8.96. The van der Waals surface area contributed by atoms with E-state index in [9.17, 15) is 4.79 Å². The fourth-order valence-electron chi connectivity index (χ4n) is 2.59. The molecule has 0 aromatic rings. The van der Waals surface area contributed by atoms with Gasteiger partial charge < -0.3 is 10.2 Å². The van der Waals surface area contributed by atoms with E-state index in [-0.39, 0.29) is 0 Å². The molecule has 3 nitrogen and oxygen atoms in total. The lowest BCUT2D eigenvalue weighted by atomic mass is 9.98. The molecular weight excluding hydrogens is 176 g/mol. The topological polar surface area (TPSA) is 32.3 Å². The minimum Gasteiger partial charge on any atom is -0.338 e. The maximum atomic E-state index is 12.0. The summed E-state index contributed by atoms with van der Waals surface area (Å²) in [5.74, 6) is 0.781. The Labute approximate surface area is 85.8 Å². The number of nitrogens with zero attached hydrogens (tertiary/aromatic N) is 1. The lowest BCUT2D eigenvalue weighted by Crippen LogP contribution is -2.56. The predicted octanol–water partition coefficient (Wildman–Crippen LogP) is 0.997. The summed E-state index contributed by atoms with van der Waals surface area (Å²) in [6, 6.07) is 0.480. The van der Waals surface area contributed by atoms with E-state index in [1.54, 1.807) is 0 Å². The van der Waals surface area contributed by atoms with Gasteiger partial charge in [0.25, 0.3) is 0 Å². The summed E-state index contributed by atoms with van der Waals surface area (Å²) in [7, 11) is 1.95. The molecule has 1 saturated heterocycles. The van der Waals surface area contributed by atoms with Gasteiger partial charge in [-0.25, -0.2) is 0 Å². The highest BCUT2D eigenvalue weighted by Gasteiger charge is 2.36. The Hall–Kier alpha value is -0.570. The Bertz CT molecular complexity index is 211. The van der Waals surface area contributed by atoms with Gasteiger partial charge in [-0.1, -0.05) is 12.8 Å². The summed E-state index contributed by atoms with van der Waals surface area (Å²) in [5, 5.41) is 3.15. The van der Waals surface area contributed by atoms with Crippen LogP contribution in [0.2, 0.25) is 0 Å². The number of rotatable bonds is 3. The first-order valence-corrected chi connectivity index (χ1v) is 5.78. The van der Waals surface area contributed by atoms with E-state index < -0.39 is 0 Å². The minimum absolute atomic E-state index is 0.356. The predicted molar refractivity (Wildman–Crippen MR) is 56.0 cm³/mol. The van der Waals surface area contributed by atoms with Crippen LogP contribution < -0.4 is 5.32 Å². The first kappa shape index (κ1) is 9.97. The largest absolute Gasteiger partial charge is 0.338 e. The Morgan fingerprint density at radius 2 is 2.07 bits per heavy atom. The van der Waals surface area contributed by atoms with Gasteiger partial charge in [0, 0.05) is 25.0 Å². The van der Waals surface area contributed by atoms with Gasteiger partial charge in [0.2, 0.25) is 5.91 Å². The average Bonchev–Trinajstić information content (AvgIpc) is 2.65. The first-order valence-electron chi connectivity index (χ1n) is 5.78. The molecule has 0 bridgehead atoms. The van der Waals surface area contributed by atoms with E-state index in [0.717, 1.165) is 25.9 Å². The van der Waals surface area contributed by atoms with Crippen molar-refractivity contribution in [3.63, 3.8) is 0 Å².